The Morgan fingerprint density at radius 2 is 1.88 bits per heavy atom. The van der Waals surface area contributed by atoms with E-state index in [1.54, 1.807) is 6.92 Å². The summed E-state index contributed by atoms with van der Waals surface area (Å²) in [6.45, 7) is 2.17. The molecule has 32 heavy (non-hydrogen) atoms. The highest BCUT2D eigenvalue weighted by atomic mass is 16.4. The average Bonchev–Trinajstić information content (AvgIpc) is 2.77. The minimum absolute atomic E-state index is 0.112. The summed E-state index contributed by atoms with van der Waals surface area (Å²) in [5, 5.41) is 39.2. The molecule has 178 valence electrons. The molecule has 1 fully saturated rings. The van der Waals surface area contributed by atoms with Crippen molar-refractivity contribution >= 4 is 23.6 Å². The van der Waals surface area contributed by atoms with E-state index in [-0.39, 0.29) is 5.96 Å². The Labute approximate surface area is 188 Å². The van der Waals surface area contributed by atoms with Crippen LogP contribution in [0.1, 0.15) is 62.5 Å². The fourth-order valence-electron chi connectivity index (χ4n) is 3.46. The molecule has 0 spiro atoms. The summed E-state index contributed by atoms with van der Waals surface area (Å²) >= 11 is 0. The first-order valence-electron chi connectivity index (χ1n) is 10.7. The highest BCUT2D eigenvalue weighted by molar-refractivity contribution is 5.87. The molecule has 0 aromatic heterocycles. The number of benzene rings is 1. The molecule has 2 unspecified atom stereocenters. The van der Waals surface area contributed by atoms with Gasteiger partial charge in [0.2, 0.25) is 0 Å². The first-order chi connectivity index (χ1) is 15.1. The van der Waals surface area contributed by atoms with Crippen molar-refractivity contribution in [1.29, 1.82) is 5.41 Å². The van der Waals surface area contributed by atoms with Gasteiger partial charge >= 0.3 is 11.9 Å². The van der Waals surface area contributed by atoms with Crippen LogP contribution in [0.25, 0.3) is 0 Å². The zero-order chi connectivity index (χ0) is 24.1. The molecule has 1 saturated carbocycles. The number of aliphatic carboxylic acids is 2. The van der Waals surface area contributed by atoms with E-state index < -0.39 is 23.9 Å². The van der Waals surface area contributed by atoms with Crippen LogP contribution in [0.2, 0.25) is 0 Å². The van der Waals surface area contributed by atoms with Crippen molar-refractivity contribution in [2.24, 2.45) is 22.5 Å². The van der Waals surface area contributed by atoms with Crippen LogP contribution in [0.4, 0.5) is 0 Å². The molecule has 1 aliphatic carbocycles. The van der Waals surface area contributed by atoms with Crippen LogP contribution in [0.5, 0.6) is 0 Å². The van der Waals surface area contributed by atoms with Gasteiger partial charge in [0.15, 0.2) is 5.96 Å². The number of carbonyl (C=O) groups is 2. The van der Waals surface area contributed by atoms with E-state index >= 15 is 0 Å². The van der Waals surface area contributed by atoms with E-state index in [1.165, 1.54) is 12.0 Å². The van der Waals surface area contributed by atoms with Crippen molar-refractivity contribution in [2.45, 2.75) is 63.8 Å². The topological polar surface area (TPSA) is 195 Å². The van der Waals surface area contributed by atoms with Gasteiger partial charge in [0.05, 0.1) is 11.6 Å². The SMILES string of the molecule is CC(C(=O)O)c1ccc(CC2CCCC/C2=N/O)cc1.N=C(N)NCCC[C@H](N)C(=O)O. The fraction of sp³-hybridized carbons (Fsp3) is 0.545. The number of nitrogens with two attached hydrogens (primary N) is 2. The van der Waals surface area contributed by atoms with Gasteiger partial charge in [0.25, 0.3) is 0 Å². The number of hydrogen-bond donors (Lipinski definition) is 7. The number of rotatable bonds is 9. The van der Waals surface area contributed by atoms with Crippen molar-refractivity contribution in [1.82, 2.24) is 5.32 Å². The summed E-state index contributed by atoms with van der Waals surface area (Å²) in [7, 11) is 0. The number of oxime groups is 1. The van der Waals surface area contributed by atoms with Crippen molar-refractivity contribution in [3.05, 3.63) is 35.4 Å². The molecule has 0 bridgehead atoms. The standard InChI is InChI=1S/C16H21NO3.C6H14N4O2/c1-11(16(18)19)13-8-6-12(7-9-13)10-14-4-2-3-5-15(14)17-20;7-4(5(11)12)2-1-3-10-6(8)9/h6-9,11,14,20H,2-5,10H2,1H3,(H,18,19);4H,1-3,7H2,(H,11,12)(H4,8,9,10)/b17-15-;/t;4-/m.0/s1. The monoisotopic (exact) mass is 449 g/mol. The molecule has 0 saturated heterocycles. The Morgan fingerprint density at radius 3 is 2.41 bits per heavy atom. The molecule has 0 radical (unpaired) electrons. The van der Waals surface area contributed by atoms with Crippen molar-refractivity contribution in [3.8, 4) is 0 Å². The number of carboxylic acids is 2. The third-order valence-corrected chi connectivity index (χ3v) is 5.49. The molecule has 10 heteroatoms. The number of guanidine groups is 1. The third kappa shape index (κ3) is 9.78. The van der Waals surface area contributed by atoms with E-state index in [9.17, 15) is 9.59 Å². The zero-order valence-electron chi connectivity index (χ0n) is 18.5. The van der Waals surface area contributed by atoms with Crippen LogP contribution in [-0.2, 0) is 16.0 Å². The Bertz CT molecular complexity index is 781. The summed E-state index contributed by atoms with van der Waals surface area (Å²) in [5.41, 5.74) is 13.1. The van der Waals surface area contributed by atoms with Crippen LogP contribution in [0, 0.1) is 11.3 Å². The van der Waals surface area contributed by atoms with Crippen molar-refractivity contribution < 1.29 is 25.0 Å². The van der Waals surface area contributed by atoms with Gasteiger partial charge < -0.3 is 32.2 Å². The smallest absolute Gasteiger partial charge is 0.320 e. The summed E-state index contributed by atoms with van der Waals surface area (Å²) < 4.78 is 0. The van der Waals surface area contributed by atoms with Crippen LogP contribution in [-0.4, -0.2) is 51.6 Å². The quantitative estimate of drug-likeness (QED) is 0.0978. The molecular weight excluding hydrogens is 414 g/mol. The Balaban J connectivity index is 0.000000368. The second-order valence-electron chi connectivity index (χ2n) is 7.97. The van der Waals surface area contributed by atoms with Gasteiger partial charge in [-0.15, -0.1) is 0 Å². The van der Waals surface area contributed by atoms with Crippen molar-refractivity contribution in [3.63, 3.8) is 0 Å². The highest BCUT2D eigenvalue weighted by Gasteiger charge is 2.21. The molecule has 0 amide bonds. The first-order valence-corrected chi connectivity index (χ1v) is 10.7. The predicted octanol–water partition coefficient (Wildman–Crippen LogP) is 2.10. The van der Waals surface area contributed by atoms with Crippen molar-refractivity contribution in [2.75, 3.05) is 6.54 Å². The minimum Gasteiger partial charge on any atom is -0.481 e. The summed E-state index contributed by atoms with van der Waals surface area (Å²) in [5.74, 6) is -2.08. The van der Waals surface area contributed by atoms with Crippen LogP contribution < -0.4 is 16.8 Å². The Morgan fingerprint density at radius 1 is 1.22 bits per heavy atom. The molecule has 1 aliphatic rings. The van der Waals surface area contributed by atoms with Gasteiger partial charge in [-0.25, -0.2) is 0 Å². The lowest BCUT2D eigenvalue weighted by molar-refractivity contribution is -0.139. The molecule has 3 atom stereocenters. The van der Waals surface area contributed by atoms with E-state index in [0.29, 0.717) is 25.3 Å². The molecular formula is C22H35N5O5. The third-order valence-electron chi connectivity index (χ3n) is 5.49. The van der Waals surface area contributed by atoms with Gasteiger partial charge in [-0.05, 0) is 56.6 Å². The second kappa shape index (κ2) is 14.0. The van der Waals surface area contributed by atoms with E-state index in [0.717, 1.165) is 37.0 Å². The predicted molar refractivity (Wildman–Crippen MR) is 122 cm³/mol. The molecule has 2 rings (SSSR count). The largest absolute Gasteiger partial charge is 0.481 e. The summed E-state index contributed by atoms with van der Waals surface area (Å²) in [6, 6.07) is 6.91. The van der Waals surface area contributed by atoms with Gasteiger partial charge in [-0.1, -0.05) is 35.8 Å². The van der Waals surface area contributed by atoms with Gasteiger partial charge in [-0.2, -0.15) is 0 Å². The van der Waals surface area contributed by atoms with Gasteiger partial charge in [0.1, 0.15) is 6.04 Å². The number of nitrogens with one attached hydrogen (secondary N) is 2. The average molecular weight is 450 g/mol. The maximum Gasteiger partial charge on any atom is 0.320 e. The summed E-state index contributed by atoms with van der Waals surface area (Å²) in [6.07, 6.45) is 6.06. The number of hydrogen-bond acceptors (Lipinski definition) is 6. The maximum absolute atomic E-state index is 10.9. The van der Waals surface area contributed by atoms with E-state index in [4.69, 9.17) is 32.3 Å². The molecule has 0 aliphatic heterocycles. The minimum atomic E-state index is -1.00. The lowest BCUT2D eigenvalue weighted by atomic mass is 9.83. The molecule has 10 nitrogen and oxygen atoms in total. The normalized spacial score (nSPS) is 18.7. The highest BCUT2D eigenvalue weighted by Crippen LogP contribution is 2.26. The van der Waals surface area contributed by atoms with Gasteiger partial charge in [0, 0.05) is 12.5 Å². The Hall–Kier alpha value is -3.14. The van der Waals surface area contributed by atoms with Gasteiger partial charge in [-0.3, -0.25) is 15.0 Å². The van der Waals surface area contributed by atoms with Crippen LogP contribution >= 0.6 is 0 Å². The first kappa shape index (κ1) is 26.9. The lowest BCUT2D eigenvalue weighted by Gasteiger charge is -2.23. The fourth-order valence-corrected chi connectivity index (χ4v) is 3.46. The van der Waals surface area contributed by atoms with Crippen LogP contribution in [0.15, 0.2) is 29.4 Å². The van der Waals surface area contributed by atoms with E-state index in [1.807, 2.05) is 24.3 Å². The lowest BCUT2D eigenvalue weighted by Crippen LogP contribution is -2.34. The number of nitrogens with zero attached hydrogens (tertiary/aromatic N) is 1. The maximum atomic E-state index is 10.9. The second-order valence-corrected chi connectivity index (χ2v) is 7.97. The zero-order valence-corrected chi connectivity index (χ0v) is 18.5. The Kier molecular flexibility index (Phi) is 11.8. The summed E-state index contributed by atoms with van der Waals surface area (Å²) in [4.78, 5) is 21.2. The van der Waals surface area contributed by atoms with Crippen LogP contribution in [0.3, 0.4) is 0 Å². The molecule has 9 N–H and O–H groups in total. The molecule has 0 heterocycles. The number of carboxylic acid groups (broad SMARTS) is 2. The van der Waals surface area contributed by atoms with E-state index in [2.05, 4.69) is 10.5 Å². The molecule has 1 aromatic rings. The molecule has 1 aromatic carbocycles.